The van der Waals surface area contributed by atoms with Crippen LogP contribution in [0.2, 0.25) is 10.0 Å². The molecule has 206 valence electrons. The van der Waals surface area contributed by atoms with Crippen LogP contribution in [0, 0.1) is 0 Å². The smallest absolute Gasteiger partial charge is 0.342 e. The first-order valence-corrected chi connectivity index (χ1v) is 13.8. The molecule has 0 fully saturated rings. The normalized spacial score (nSPS) is 15.0. The molecule has 0 aromatic heterocycles. The van der Waals surface area contributed by atoms with Gasteiger partial charge in [-0.25, -0.2) is 13.2 Å². The van der Waals surface area contributed by atoms with Crippen LogP contribution in [0.5, 0.6) is 5.75 Å². The van der Waals surface area contributed by atoms with E-state index in [9.17, 15) is 22.8 Å². The number of halogens is 2. The number of ether oxygens (including phenoxy) is 2. The van der Waals surface area contributed by atoms with E-state index in [-0.39, 0.29) is 56.4 Å². The van der Waals surface area contributed by atoms with E-state index in [1.807, 2.05) is 25.9 Å². The highest BCUT2D eigenvalue weighted by Gasteiger charge is 2.44. The van der Waals surface area contributed by atoms with Gasteiger partial charge >= 0.3 is 5.97 Å². The van der Waals surface area contributed by atoms with E-state index in [0.717, 1.165) is 0 Å². The van der Waals surface area contributed by atoms with Crippen molar-refractivity contribution in [3.63, 3.8) is 0 Å². The van der Waals surface area contributed by atoms with Crippen molar-refractivity contribution in [2.24, 2.45) is 0 Å². The summed E-state index contributed by atoms with van der Waals surface area (Å²) in [6.07, 6.45) is -0.188. The number of hydrogen-bond donors (Lipinski definition) is 0. The highest BCUT2D eigenvalue weighted by atomic mass is 35.5. The third kappa shape index (κ3) is 5.75. The number of hydrogen-bond acceptors (Lipinski definition) is 8. The molecule has 2 amide bonds. The average molecular weight is 586 g/mol. The maximum absolute atomic E-state index is 13.3. The van der Waals surface area contributed by atoms with Gasteiger partial charge in [-0.3, -0.25) is 14.5 Å². The molecule has 0 saturated heterocycles. The van der Waals surface area contributed by atoms with Gasteiger partial charge in [0.2, 0.25) is 0 Å². The summed E-state index contributed by atoms with van der Waals surface area (Å²) in [5, 5.41) is 0.0379. The lowest BCUT2D eigenvalue weighted by molar-refractivity contribution is -0.136. The molecular weight excluding hydrogens is 557 g/mol. The number of likely N-dealkylation sites (N-methyl/N-ethyl adjacent to an activating group) is 1. The molecule has 0 saturated carbocycles. The van der Waals surface area contributed by atoms with E-state index in [0.29, 0.717) is 9.87 Å². The number of benzene rings is 2. The quantitative estimate of drug-likeness (QED) is 0.322. The van der Waals surface area contributed by atoms with Gasteiger partial charge in [0, 0.05) is 13.1 Å². The zero-order chi connectivity index (χ0) is 28.5. The topological polar surface area (TPSA) is 114 Å². The third-order valence-electron chi connectivity index (χ3n) is 6.28. The number of rotatable bonds is 9. The number of esters is 1. The highest BCUT2D eigenvalue weighted by molar-refractivity contribution is 7.90. The van der Waals surface area contributed by atoms with Crippen molar-refractivity contribution in [1.82, 2.24) is 14.1 Å². The van der Waals surface area contributed by atoms with Crippen molar-refractivity contribution >= 4 is 51.0 Å². The first-order valence-electron chi connectivity index (χ1n) is 11.6. The Morgan fingerprint density at radius 2 is 1.66 bits per heavy atom. The zero-order valence-corrected chi connectivity index (χ0v) is 24.1. The zero-order valence-electron chi connectivity index (χ0n) is 21.8. The molecular formula is C25H29Cl2N3O7S. The Morgan fingerprint density at radius 1 is 1.05 bits per heavy atom. The van der Waals surface area contributed by atoms with Crippen molar-refractivity contribution in [3.05, 3.63) is 57.1 Å². The molecule has 0 bridgehead atoms. The molecule has 3 rings (SSSR count). The van der Waals surface area contributed by atoms with Gasteiger partial charge in [0.1, 0.15) is 10.6 Å². The number of nitrogens with zero attached hydrogens (tertiary/aromatic N) is 3. The van der Waals surface area contributed by atoms with Crippen LogP contribution in [-0.4, -0.2) is 81.0 Å². The third-order valence-corrected chi connectivity index (χ3v) is 8.64. The van der Waals surface area contributed by atoms with E-state index in [4.69, 9.17) is 32.7 Å². The Labute approximate surface area is 232 Å². The summed E-state index contributed by atoms with van der Waals surface area (Å²) in [5.74, 6) is -2.29. The van der Waals surface area contributed by atoms with Gasteiger partial charge in [-0.1, -0.05) is 43.1 Å². The molecule has 0 radical (unpaired) electrons. The molecule has 13 heteroatoms. The Balaban J connectivity index is 1.87. The lowest BCUT2D eigenvalue weighted by Gasteiger charge is -2.30. The average Bonchev–Trinajstić information content (AvgIpc) is 3.03. The summed E-state index contributed by atoms with van der Waals surface area (Å²) < 4.78 is 37.9. The molecule has 1 aliphatic rings. The Hall–Kier alpha value is -2.86. The molecule has 10 nitrogen and oxygen atoms in total. The van der Waals surface area contributed by atoms with Crippen molar-refractivity contribution in [2.45, 2.75) is 37.8 Å². The number of sulfonamides is 1. The Morgan fingerprint density at radius 3 is 2.21 bits per heavy atom. The minimum Gasteiger partial charge on any atom is -0.484 e. The lowest BCUT2D eigenvalue weighted by atomic mass is 9.96. The number of amides is 2. The van der Waals surface area contributed by atoms with Crippen molar-refractivity contribution < 1.29 is 32.3 Å². The minimum atomic E-state index is -4.39. The fourth-order valence-corrected chi connectivity index (χ4v) is 5.76. The van der Waals surface area contributed by atoms with Gasteiger partial charge < -0.3 is 14.4 Å². The van der Waals surface area contributed by atoms with Gasteiger partial charge in [-0.2, -0.15) is 4.31 Å². The summed E-state index contributed by atoms with van der Waals surface area (Å²) in [7, 11) is 0.906. The minimum absolute atomic E-state index is 0.0189. The van der Waals surface area contributed by atoms with Crippen molar-refractivity contribution in [2.75, 3.05) is 34.5 Å². The van der Waals surface area contributed by atoms with Gasteiger partial charge in [0.25, 0.3) is 21.8 Å². The van der Waals surface area contributed by atoms with E-state index in [2.05, 4.69) is 0 Å². The second kappa shape index (κ2) is 11.5. The maximum atomic E-state index is 13.3. The first-order chi connectivity index (χ1) is 17.7. The van der Waals surface area contributed by atoms with Crippen LogP contribution in [0.15, 0.2) is 35.2 Å². The monoisotopic (exact) mass is 585 g/mol. The van der Waals surface area contributed by atoms with Crippen LogP contribution >= 0.6 is 23.2 Å². The Kier molecular flexibility index (Phi) is 8.97. The van der Waals surface area contributed by atoms with Gasteiger partial charge in [0.05, 0.1) is 27.3 Å². The lowest BCUT2D eigenvalue weighted by Crippen LogP contribution is -2.45. The molecule has 1 atom stereocenters. The van der Waals surface area contributed by atoms with E-state index in [1.165, 1.54) is 29.2 Å². The van der Waals surface area contributed by atoms with Gasteiger partial charge in [-0.05, 0) is 50.7 Å². The predicted molar refractivity (Wildman–Crippen MR) is 142 cm³/mol. The van der Waals surface area contributed by atoms with Crippen LogP contribution < -0.4 is 4.74 Å². The van der Waals surface area contributed by atoms with Gasteiger partial charge in [-0.15, -0.1) is 0 Å². The second-order valence-corrected chi connectivity index (χ2v) is 11.9. The van der Waals surface area contributed by atoms with Crippen molar-refractivity contribution in [3.8, 4) is 5.75 Å². The number of fused-ring (bicyclic) bond motifs is 1. The van der Waals surface area contributed by atoms with Crippen LogP contribution in [0.4, 0.5) is 0 Å². The summed E-state index contributed by atoms with van der Waals surface area (Å²) >= 11 is 12.1. The molecule has 1 heterocycles. The fourth-order valence-electron chi connectivity index (χ4n) is 3.75. The largest absolute Gasteiger partial charge is 0.484 e. The second-order valence-electron chi connectivity index (χ2n) is 9.25. The predicted octanol–water partition coefficient (Wildman–Crippen LogP) is 3.82. The van der Waals surface area contributed by atoms with Crippen molar-refractivity contribution in [1.29, 1.82) is 0 Å². The maximum Gasteiger partial charge on any atom is 0.342 e. The first kappa shape index (κ1) is 29.7. The molecule has 1 aliphatic heterocycles. The van der Waals surface area contributed by atoms with Crippen LogP contribution in [0.25, 0.3) is 0 Å². The van der Waals surface area contributed by atoms with Crippen LogP contribution in [0.3, 0.4) is 0 Å². The van der Waals surface area contributed by atoms with Crippen LogP contribution in [0.1, 0.15) is 53.0 Å². The summed E-state index contributed by atoms with van der Waals surface area (Å²) in [5.41, 5.74) is 0.231. The highest BCUT2D eigenvalue weighted by Crippen LogP contribution is 2.39. The summed E-state index contributed by atoms with van der Waals surface area (Å²) in [6, 6.07) is 7.13. The molecule has 2 aromatic rings. The standard InChI is InChI=1S/C25H29Cl2N3O7S/c1-14(2)17-10-16(36-12-21(31)29(6)15(3)28(4)5)11-20-22(17)24(32)30(38(20,34)35)13-37-25(33)23-18(26)8-7-9-19(23)27/h7-11,14-15H,12-13H2,1-6H3. The van der Waals surface area contributed by atoms with Crippen LogP contribution in [-0.2, 0) is 19.6 Å². The van der Waals surface area contributed by atoms with Gasteiger partial charge in [0.15, 0.2) is 13.3 Å². The fraction of sp³-hybridized carbons (Fsp3) is 0.400. The SMILES string of the molecule is CC(C)c1cc(OCC(=O)N(C)C(C)N(C)C)cc2c1C(=O)N(COC(=O)c1c(Cl)cccc1Cl)S2(=O)=O. The molecule has 0 N–H and O–H groups in total. The Bertz CT molecular complexity index is 1360. The molecule has 38 heavy (non-hydrogen) atoms. The molecule has 1 unspecified atom stereocenters. The van der Waals surface area contributed by atoms with E-state index in [1.54, 1.807) is 27.0 Å². The summed E-state index contributed by atoms with van der Waals surface area (Å²) in [6.45, 7) is 4.22. The number of carbonyl (C=O) groups is 3. The molecule has 0 aliphatic carbocycles. The number of carbonyl (C=O) groups excluding carboxylic acids is 3. The summed E-state index contributed by atoms with van der Waals surface area (Å²) in [4.78, 5) is 41.4. The molecule has 2 aromatic carbocycles. The van der Waals surface area contributed by atoms with E-state index < -0.39 is 28.6 Å². The van der Waals surface area contributed by atoms with E-state index >= 15 is 0 Å². The molecule has 0 spiro atoms.